The molecule has 3 N–H and O–H groups in total. The van der Waals surface area contributed by atoms with E-state index < -0.39 is 4.92 Å². The highest BCUT2D eigenvalue weighted by atomic mass is 35.5. The second-order valence-corrected chi connectivity index (χ2v) is 4.13. The maximum Gasteiger partial charge on any atom is 0.332 e. The first kappa shape index (κ1) is 13.0. The number of nitro groups is 1. The molecule has 0 aliphatic rings. The molecule has 0 unspecified atom stereocenters. The molecule has 2 aromatic rings. The number of halogens is 1. The third kappa shape index (κ3) is 2.71. The minimum atomic E-state index is -0.562. The fraction of sp³-hybridized carbons (Fsp3) is 0.0909. The minimum Gasteiger partial charge on any atom is -0.368 e. The van der Waals surface area contributed by atoms with Gasteiger partial charge >= 0.3 is 5.69 Å². The number of aromatic nitrogens is 2. The Hall–Kier alpha value is -2.41. The van der Waals surface area contributed by atoms with E-state index >= 15 is 0 Å². The van der Waals surface area contributed by atoms with Gasteiger partial charge in [0, 0.05) is 0 Å². The summed E-state index contributed by atoms with van der Waals surface area (Å²) in [6.07, 6.45) is 0. The molecule has 0 amide bonds. The minimum absolute atomic E-state index is 0.0168. The standard InChI is InChI=1S/C11H10ClN5O2/c1-6-9(17(18)19)10(16-11(13)14-6)15-8-5-3-2-4-7(8)12/h2-5H,1H3,(H3,13,14,15,16). The zero-order valence-corrected chi connectivity index (χ0v) is 10.7. The molecule has 0 aliphatic heterocycles. The number of nitrogens with two attached hydrogens (primary N) is 1. The van der Waals surface area contributed by atoms with Gasteiger partial charge in [0.2, 0.25) is 11.8 Å². The third-order valence-electron chi connectivity index (χ3n) is 2.39. The lowest BCUT2D eigenvalue weighted by atomic mass is 10.3. The van der Waals surface area contributed by atoms with Crippen LogP contribution in [0.15, 0.2) is 24.3 Å². The Labute approximate surface area is 113 Å². The molecule has 8 heteroatoms. The highest BCUT2D eigenvalue weighted by Gasteiger charge is 2.22. The molecule has 0 bridgehead atoms. The Bertz CT molecular complexity index is 647. The molecule has 2 rings (SSSR count). The van der Waals surface area contributed by atoms with Gasteiger partial charge in [0.25, 0.3) is 0 Å². The highest BCUT2D eigenvalue weighted by molar-refractivity contribution is 6.33. The Morgan fingerprint density at radius 1 is 1.37 bits per heavy atom. The number of nitrogen functional groups attached to an aromatic ring is 1. The van der Waals surface area contributed by atoms with Crippen LogP contribution in [0.4, 0.5) is 23.1 Å². The summed E-state index contributed by atoms with van der Waals surface area (Å²) < 4.78 is 0. The van der Waals surface area contributed by atoms with Crippen LogP contribution in [0.1, 0.15) is 5.69 Å². The van der Waals surface area contributed by atoms with Gasteiger partial charge < -0.3 is 11.1 Å². The molecular formula is C11H10ClN5O2. The second kappa shape index (κ2) is 5.07. The van der Waals surface area contributed by atoms with E-state index in [1.165, 1.54) is 6.92 Å². The number of nitrogens with one attached hydrogen (secondary N) is 1. The van der Waals surface area contributed by atoms with Gasteiger partial charge in [0.1, 0.15) is 5.69 Å². The van der Waals surface area contributed by atoms with Crippen molar-refractivity contribution < 1.29 is 4.92 Å². The van der Waals surface area contributed by atoms with Crippen molar-refractivity contribution in [1.29, 1.82) is 0 Å². The van der Waals surface area contributed by atoms with Crippen LogP contribution in [0.3, 0.4) is 0 Å². The maximum absolute atomic E-state index is 11.0. The van der Waals surface area contributed by atoms with E-state index in [2.05, 4.69) is 15.3 Å². The molecule has 0 radical (unpaired) electrons. The van der Waals surface area contributed by atoms with Gasteiger partial charge in [-0.05, 0) is 19.1 Å². The van der Waals surface area contributed by atoms with Gasteiger partial charge in [0.15, 0.2) is 0 Å². The number of hydrogen-bond donors (Lipinski definition) is 2. The van der Waals surface area contributed by atoms with E-state index in [0.717, 1.165) is 0 Å². The topological polar surface area (TPSA) is 107 Å². The molecule has 1 aromatic heterocycles. The fourth-order valence-electron chi connectivity index (χ4n) is 1.58. The molecule has 0 saturated carbocycles. The van der Waals surface area contributed by atoms with Crippen molar-refractivity contribution in [3.8, 4) is 0 Å². The molecule has 1 heterocycles. The third-order valence-corrected chi connectivity index (χ3v) is 2.71. The quantitative estimate of drug-likeness (QED) is 0.661. The van der Waals surface area contributed by atoms with Crippen LogP contribution in [0, 0.1) is 17.0 Å². The first-order chi connectivity index (χ1) is 8.99. The molecule has 7 nitrogen and oxygen atoms in total. The summed E-state index contributed by atoms with van der Waals surface area (Å²) in [5.41, 5.74) is 5.97. The van der Waals surface area contributed by atoms with Crippen LogP contribution in [-0.2, 0) is 0 Å². The van der Waals surface area contributed by atoms with Gasteiger partial charge in [-0.1, -0.05) is 23.7 Å². The summed E-state index contributed by atoms with van der Waals surface area (Å²) in [5, 5.41) is 14.3. The number of para-hydroxylation sites is 1. The van der Waals surface area contributed by atoms with Gasteiger partial charge in [-0.25, -0.2) is 4.98 Å². The summed E-state index contributed by atoms with van der Waals surface area (Å²) in [7, 11) is 0. The van der Waals surface area contributed by atoms with Gasteiger partial charge in [0.05, 0.1) is 15.6 Å². The summed E-state index contributed by atoms with van der Waals surface area (Å²) in [6, 6.07) is 6.84. The number of hydrogen-bond acceptors (Lipinski definition) is 6. The summed E-state index contributed by atoms with van der Waals surface area (Å²) in [6.45, 7) is 1.49. The number of rotatable bonds is 3. The summed E-state index contributed by atoms with van der Waals surface area (Å²) in [5.74, 6) is -0.0271. The average Bonchev–Trinajstić information content (AvgIpc) is 2.30. The van der Waals surface area contributed by atoms with Gasteiger partial charge in [-0.3, -0.25) is 10.1 Å². The van der Waals surface area contributed by atoms with E-state index in [1.807, 2.05) is 0 Å². The van der Waals surface area contributed by atoms with Crippen LogP contribution in [-0.4, -0.2) is 14.9 Å². The predicted octanol–water partition coefficient (Wildman–Crippen LogP) is 2.67. The van der Waals surface area contributed by atoms with Crippen LogP contribution in [0.5, 0.6) is 0 Å². The van der Waals surface area contributed by atoms with Crippen LogP contribution < -0.4 is 11.1 Å². The Balaban J connectivity index is 2.51. The van der Waals surface area contributed by atoms with Crippen molar-refractivity contribution >= 4 is 34.7 Å². The van der Waals surface area contributed by atoms with E-state index in [1.54, 1.807) is 24.3 Å². The Kier molecular flexibility index (Phi) is 3.48. The first-order valence-corrected chi connectivity index (χ1v) is 5.67. The number of nitrogens with zero attached hydrogens (tertiary/aromatic N) is 3. The average molecular weight is 280 g/mol. The number of benzene rings is 1. The van der Waals surface area contributed by atoms with Crippen LogP contribution >= 0.6 is 11.6 Å². The van der Waals surface area contributed by atoms with Crippen LogP contribution in [0.2, 0.25) is 5.02 Å². The number of aryl methyl sites for hydroxylation is 1. The molecule has 0 saturated heterocycles. The number of anilines is 3. The molecule has 0 fully saturated rings. The monoisotopic (exact) mass is 279 g/mol. The van der Waals surface area contributed by atoms with E-state index in [-0.39, 0.29) is 23.1 Å². The first-order valence-electron chi connectivity index (χ1n) is 5.29. The van der Waals surface area contributed by atoms with Crippen molar-refractivity contribution in [3.63, 3.8) is 0 Å². The Morgan fingerprint density at radius 3 is 2.68 bits per heavy atom. The van der Waals surface area contributed by atoms with Crippen LogP contribution in [0.25, 0.3) is 0 Å². The van der Waals surface area contributed by atoms with E-state index in [4.69, 9.17) is 17.3 Å². The normalized spacial score (nSPS) is 10.2. The molecule has 0 atom stereocenters. The van der Waals surface area contributed by atoms with Gasteiger partial charge in [-0.15, -0.1) is 0 Å². The van der Waals surface area contributed by atoms with Gasteiger partial charge in [-0.2, -0.15) is 4.98 Å². The lowest BCUT2D eigenvalue weighted by molar-refractivity contribution is -0.385. The molecule has 1 aromatic carbocycles. The molecular weight excluding hydrogens is 270 g/mol. The van der Waals surface area contributed by atoms with Crippen molar-refractivity contribution in [2.75, 3.05) is 11.1 Å². The van der Waals surface area contributed by atoms with Crippen molar-refractivity contribution in [1.82, 2.24) is 9.97 Å². The molecule has 98 valence electrons. The SMILES string of the molecule is Cc1nc(N)nc(Nc2ccccc2Cl)c1[N+](=O)[O-]. The Morgan fingerprint density at radius 2 is 2.05 bits per heavy atom. The summed E-state index contributed by atoms with van der Waals surface area (Å²) in [4.78, 5) is 18.1. The highest BCUT2D eigenvalue weighted by Crippen LogP contribution is 2.31. The predicted molar refractivity (Wildman–Crippen MR) is 72.6 cm³/mol. The second-order valence-electron chi connectivity index (χ2n) is 3.73. The van der Waals surface area contributed by atoms with Crippen molar-refractivity contribution in [3.05, 3.63) is 45.1 Å². The molecule has 0 spiro atoms. The molecule has 19 heavy (non-hydrogen) atoms. The maximum atomic E-state index is 11.0. The smallest absolute Gasteiger partial charge is 0.332 e. The van der Waals surface area contributed by atoms with Crippen molar-refractivity contribution in [2.45, 2.75) is 6.92 Å². The zero-order valence-electron chi connectivity index (χ0n) is 9.92. The van der Waals surface area contributed by atoms with E-state index in [9.17, 15) is 10.1 Å². The fourth-order valence-corrected chi connectivity index (χ4v) is 1.77. The largest absolute Gasteiger partial charge is 0.368 e. The summed E-state index contributed by atoms with van der Waals surface area (Å²) >= 11 is 5.98. The van der Waals surface area contributed by atoms with Crippen molar-refractivity contribution in [2.24, 2.45) is 0 Å². The lowest BCUT2D eigenvalue weighted by Gasteiger charge is -2.09. The zero-order chi connectivity index (χ0) is 14.0. The van der Waals surface area contributed by atoms with E-state index in [0.29, 0.717) is 10.7 Å². The molecule has 0 aliphatic carbocycles. The lowest BCUT2D eigenvalue weighted by Crippen LogP contribution is -2.07.